The van der Waals surface area contributed by atoms with Crippen molar-refractivity contribution in [1.82, 2.24) is 10.6 Å². The van der Waals surface area contributed by atoms with Crippen molar-refractivity contribution in [2.75, 3.05) is 13.2 Å². The quantitative estimate of drug-likeness (QED) is 0.898. The molecule has 2 N–H and O–H groups in total. The van der Waals surface area contributed by atoms with Gasteiger partial charge in [0, 0.05) is 41.3 Å². The first-order valence-electron chi connectivity index (χ1n) is 7.69. The SMILES string of the molecule is C[C@H](CNC(=O)N[C@@H]1[C@H]2CCO[C@@H]2C1(C)C)c1cccs1. The molecular weight excluding hydrogens is 284 g/mol. The molecule has 0 radical (unpaired) electrons. The van der Waals surface area contributed by atoms with Gasteiger partial charge in [0.2, 0.25) is 0 Å². The highest BCUT2D eigenvalue weighted by Gasteiger charge is 2.59. The first-order chi connectivity index (χ1) is 10.00. The number of urea groups is 1. The summed E-state index contributed by atoms with van der Waals surface area (Å²) in [5.41, 5.74) is 0.0396. The minimum absolute atomic E-state index is 0.0396. The smallest absolute Gasteiger partial charge is 0.315 e. The molecule has 0 bridgehead atoms. The van der Waals surface area contributed by atoms with Crippen LogP contribution in [-0.2, 0) is 4.74 Å². The number of thiophene rings is 1. The summed E-state index contributed by atoms with van der Waals surface area (Å²) >= 11 is 1.74. The Morgan fingerprint density at radius 3 is 3.10 bits per heavy atom. The molecule has 3 rings (SSSR count). The summed E-state index contributed by atoms with van der Waals surface area (Å²) < 4.78 is 5.76. The molecule has 1 aliphatic heterocycles. The molecule has 4 atom stereocenters. The van der Waals surface area contributed by atoms with Crippen molar-refractivity contribution in [2.45, 2.75) is 45.3 Å². The molecule has 2 fully saturated rings. The molecule has 2 amide bonds. The Morgan fingerprint density at radius 2 is 2.38 bits per heavy atom. The second-order valence-electron chi connectivity index (χ2n) is 6.81. The van der Waals surface area contributed by atoms with Crippen LogP contribution < -0.4 is 10.6 Å². The lowest BCUT2D eigenvalue weighted by molar-refractivity contribution is -0.108. The zero-order valence-corrected chi connectivity index (χ0v) is 13.7. The van der Waals surface area contributed by atoms with Crippen LogP contribution in [0.2, 0.25) is 0 Å². The Hall–Kier alpha value is -1.07. The van der Waals surface area contributed by atoms with Crippen molar-refractivity contribution in [3.8, 4) is 0 Å². The lowest BCUT2D eigenvalue weighted by atomic mass is 9.57. The monoisotopic (exact) mass is 308 g/mol. The van der Waals surface area contributed by atoms with E-state index in [-0.39, 0.29) is 17.5 Å². The van der Waals surface area contributed by atoms with Crippen LogP contribution in [0.5, 0.6) is 0 Å². The molecule has 21 heavy (non-hydrogen) atoms. The number of fused-ring (bicyclic) bond motifs is 1. The predicted molar refractivity (Wildman–Crippen MR) is 84.7 cm³/mol. The highest BCUT2D eigenvalue weighted by Crippen LogP contribution is 2.52. The third-order valence-corrected chi connectivity index (χ3v) is 6.09. The predicted octanol–water partition coefficient (Wildman–Crippen LogP) is 2.96. The standard InChI is InChI=1S/C16H24N2O2S/c1-10(12-5-4-8-21-12)9-17-15(19)18-13-11-6-7-20-14(11)16(13,2)3/h4-5,8,10-11,13-14H,6-7,9H2,1-3H3,(H2,17,18,19)/t10-,11-,13-,14+/m1/s1. The highest BCUT2D eigenvalue weighted by molar-refractivity contribution is 7.10. The Balaban J connectivity index is 1.48. The number of nitrogens with one attached hydrogen (secondary N) is 2. The number of ether oxygens (including phenoxy) is 1. The molecule has 0 spiro atoms. The molecule has 4 nitrogen and oxygen atoms in total. The first-order valence-corrected chi connectivity index (χ1v) is 8.57. The number of amides is 2. The maximum Gasteiger partial charge on any atom is 0.315 e. The van der Waals surface area contributed by atoms with Gasteiger partial charge in [-0.05, 0) is 17.9 Å². The minimum atomic E-state index is -0.0539. The van der Waals surface area contributed by atoms with Crippen molar-refractivity contribution in [2.24, 2.45) is 11.3 Å². The molecule has 1 aromatic heterocycles. The molecule has 5 heteroatoms. The highest BCUT2D eigenvalue weighted by atomic mass is 32.1. The van der Waals surface area contributed by atoms with Crippen LogP contribution in [-0.4, -0.2) is 31.3 Å². The number of hydrogen-bond acceptors (Lipinski definition) is 3. The van der Waals surface area contributed by atoms with Gasteiger partial charge in [-0.25, -0.2) is 4.79 Å². The van der Waals surface area contributed by atoms with Crippen LogP contribution in [0, 0.1) is 11.3 Å². The van der Waals surface area contributed by atoms with E-state index in [2.05, 4.69) is 42.9 Å². The second-order valence-corrected chi connectivity index (χ2v) is 7.79. The van der Waals surface area contributed by atoms with Gasteiger partial charge in [0.25, 0.3) is 0 Å². The number of rotatable bonds is 4. The maximum atomic E-state index is 12.1. The van der Waals surface area contributed by atoms with Crippen LogP contribution >= 0.6 is 11.3 Å². The van der Waals surface area contributed by atoms with E-state index in [9.17, 15) is 4.79 Å². The van der Waals surface area contributed by atoms with Crippen molar-refractivity contribution in [1.29, 1.82) is 0 Å². The van der Waals surface area contributed by atoms with Gasteiger partial charge in [0.15, 0.2) is 0 Å². The van der Waals surface area contributed by atoms with E-state index in [4.69, 9.17) is 4.74 Å². The summed E-state index contributed by atoms with van der Waals surface area (Å²) in [5.74, 6) is 0.841. The van der Waals surface area contributed by atoms with Crippen molar-refractivity contribution in [3.05, 3.63) is 22.4 Å². The average Bonchev–Trinajstić information content (AvgIpc) is 3.11. The molecule has 2 heterocycles. The number of carbonyl (C=O) groups is 1. The maximum absolute atomic E-state index is 12.1. The summed E-state index contributed by atoms with van der Waals surface area (Å²) in [6.45, 7) is 8.00. The van der Waals surface area contributed by atoms with Crippen molar-refractivity contribution in [3.63, 3.8) is 0 Å². The largest absolute Gasteiger partial charge is 0.377 e. The fourth-order valence-corrected chi connectivity index (χ4v) is 4.51. The van der Waals surface area contributed by atoms with E-state index in [0.717, 1.165) is 13.0 Å². The van der Waals surface area contributed by atoms with Crippen LogP contribution in [0.15, 0.2) is 17.5 Å². The number of carbonyl (C=O) groups excluding carboxylic acids is 1. The van der Waals surface area contributed by atoms with Gasteiger partial charge in [-0.1, -0.05) is 26.8 Å². The zero-order chi connectivity index (χ0) is 15.0. The zero-order valence-electron chi connectivity index (χ0n) is 12.9. The van der Waals surface area contributed by atoms with Gasteiger partial charge in [0.1, 0.15) is 0 Å². The third-order valence-electron chi connectivity index (χ3n) is 4.98. The summed E-state index contributed by atoms with van der Waals surface area (Å²) in [7, 11) is 0. The van der Waals surface area contributed by atoms with Crippen LogP contribution in [0.3, 0.4) is 0 Å². The molecule has 0 aromatic carbocycles. The van der Waals surface area contributed by atoms with E-state index < -0.39 is 0 Å². The van der Waals surface area contributed by atoms with Gasteiger partial charge in [-0.15, -0.1) is 11.3 Å². The molecule has 2 aliphatic rings. The molecule has 1 saturated carbocycles. The molecular formula is C16H24N2O2S. The summed E-state index contributed by atoms with van der Waals surface area (Å²) in [6.07, 6.45) is 1.37. The molecule has 1 saturated heterocycles. The molecule has 1 aliphatic carbocycles. The average molecular weight is 308 g/mol. The third kappa shape index (κ3) is 2.69. The van der Waals surface area contributed by atoms with Crippen LogP contribution in [0.25, 0.3) is 0 Å². The van der Waals surface area contributed by atoms with Crippen LogP contribution in [0.1, 0.15) is 38.0 Å². The van der Waals surface area contributed by atoms with E-state index >= 15 is 0 Å². The molecule has 116 valence electrons. The van der Waals surface area contributed by atoms with E-state index in [1.807, 2.05) is 6.07 Å². The Bertz CT molecular complexity index is 500. The van der Waals surface area contributed by atoms with Crippen molar-refractivity contribution < 1.29 is 9.53 Å². The van der Waals surface area contributed by atoms with Gasteiger partial charge < -0.3 is 15.4 Å². The fraction of sp³-hybridized carbons (Fsp3) is 0.688. The van der Waals surface area contributed by atoms with E-state index in [1.165, 1.54) is 4.88 Å². The van der Waals surface area contributed by atoms with Crippen molar-refractivity contribution >= 4 is 17.4 Å². The minimum Gasteiger partial charge on any atom is -0.377 e. The van der Waals surface area contributed by atoms with Gasteiger partial charge >= 0.3 is 6.03 Å². The summed E-state index contributed by atoms with van der Waals surface area (Å²) in [6, 6.07) is 4.34. The normalized spacial score (nSPS) is 31.1. The number of hydrogen-bond donors (Lipinski definition) is 2. The van der Waals surface area contributed by atoms with E-state index in [0.29, 0.717) is 24.5 Å². The molecule has 0 unspecified atom stereocenters. The first kappa shape index (κ1) is 14.9. The lowest BCUT2D eigenvalue weighted by Crippen LogP contribution is -2.67. The summed E-state index contributed by atoms with van der Waals surface area (Å²) in [5, 5.41) is 8.23. The van der Waals surface area contributed by atoms with Gasteiger partial charge in [-0.2, -0.15) is 0 Å². The molecule has 1 aromatic rings. The Labute approximate surface area is 130 Å². The topological polar surface area (TPSA) is 50.4 Å². The van der Waals surface area contributed by atoms with Gasteiger partial charge in [0.05, 0.1) is 6.10 Å². The van der Waals surface area contributed by atoms with E-state index in [1.54, 1.807) is 11.3 Å². The Kier molecular flexibility index (Phi) is 3.97. The Morgan fingerprint density at radius 1 is 1.57 bits per heavy atom. The second kappa shape index (κ2) is 5.61. The lowest BCUT2D eigenvalue weighted by Gasteiger charge is -2.54. The fourth-order valence-electron chi connectivity index (χ4n) is 3.73. The van der Waals surface area contributed by atoms with Crippen LogP contribution in [0.4, 0.5) is 4.79 Å². The van der Waals surface area contributed by atoms with Gasteiger partial charge in [-0.3, -0.25) is 0 Å². The summed E-state index contributed by atoms with van der Waals surface area (Å²) in [4.78, 5) is 13.4.